The van der Waals surface area contributed by atoms with Crippen LogP contribution in [0.15, 0.2) is 6.33 Å². The molecule has 2 heterocycles. The molecule has 0 unspecified atom stereocenters. The first kappa shape index (κ1) is 16.4. The molecule has 1 aromatic heterocycles. The van der Waals surface area contributed by atoms with Gasteiger partial charge in [-0.1, -0.05) is 0 Å². The average molecular weight is 309 g/mol. The number of nitrogens with zero attached hydrogens (tertiary/aromatic N) is 3. The van der Waals surface area contributed by atoms with Gasteiger partial charge in [0.1, 0.15) is 6.33 Å². The Morgan fingerprint density at radius 2 is 1.91 bits per heavy atom. The van der Waals surface area contributed by atoms with Crippen LogP contribution < -0.4 is 15.4 Å². The van der Waals surface area contributed by atoms with Gasteiger partial charge in [0.05, 0.1) is 12.0 Å². The Kier molecular flexibility index (Phi) is 4.23. The number of anilines is 1. The second-order valence-corrected chi connectivity index (χ2v) is 6.98. The van der Waals surface area contributed by atoms with Crippen molar-refractivity contribution in [3.05, 3.63) is 16.4 Å². The molecule has 2 N–H and O–H groups in total. The number of rotatable bonds is 4. The number of nitrogens with one attached hydrogen (secondary N) is 2. The summed E-state index contributed by atoms with van der Waals surface area (Å²) in [5, 5.41) is 18.1. The van der Waals surface area contributed by atoms with Crippen molar-refractivity contribution >= 4 is 11.5 Å². The number of hydrogen-bond acceptors (Lipinski definition) is 7. The van der Waals surface area contributed by atoms with Crippen molar-refractivity contribution in [3.63, 3.8) is 0 Å². The molecule has 8 heteroatoms. The van der Waals surface area contributed by atoms with Gasteiger partial charge in [0.25, 0.3) is 5.88 Å². The van der Waals surface area contributed by atoms with Crippen LogP contribution in [-0.2, 0) is 0 Å². The molecule has 0 saturated carbocycles. The van der Waals surface area contributed by atoms with Crippen molar-refractivity contribution in [3.8, 4) is 5.88 Å². The maximum atomic E-state index is 11.3. The minimum Gasteiger partial charge on any atom is -0.476 e. The van der Waals surface area contributed by atoms with Crippen molar-refractivity contribution < 1.29 is 9.66 Å². The van der Waals surface area contributed by atoms with E-state index in [1.807, 2.05) is 0 Å². The highest BCUT2D eigenvalue weighted by atomic mass is 16.6. The predicted octanol–water partition coefficient (Wildman–Crippen LogP) is 2.11. The van der Waals surface area contributed by atoms with Gasteiger partial charge in [-0.05, 0) is 40.5 Å². The van der Waals surface area contributed by atoms with Gasteiger partial charge < -0.3 is 15.4 Å². The predicted molar refractivity (Wildman–Crippen MR) is 83.2 cm³/mol. The molecule has 0 aromatic carbocycles. The summed E-state index contributed by atoms with van der Waals surface area (Å²) >= 11 is 0. The molecule has 122 valence electrons. The lowest BCUT2D eigenvalue weighted by atomic mass is 9.79. The van der Waals surface area contributed by atoms with Crippen molar-refractivity contribution in [2.45, 2.75) is 57.7 Å². The molecule has 22 heavy (non-hydrogen) atoms. The Hall–Kier alpha value is -1.96. The molecule has 1 aliphatic rings. The first-order chi connectivity index (χ1) is 10.1. The summed E-state index contributed by atoms with van der Waals surface area (Å²) in [6, 6.07) is 0.0737. The molecule has 2 rings (SSSR count). The molecular weight excluding hydrogens is 286 g/mol. The standard InChI is InChI=1S/C14H23N5O3/c1-13(2)6-9(7-14(3,4)18-13)17-11-10(19(20)21)12(22-5)16-8-15-11/h8-9,18H,6-7H2,1-5H3,(H,15,16,17). The van der Waals surface area contributed by atoms with E-state index in [1.54, 1.807) is 0 Å². The minimum absolute atomic E-state index is 0.0324. The van der Waals surface area contributed by atoms with Gasteiger partial charge in [-0.15, -0.1) is 0 Å². The molecule has 0 bridgehead atoms. The molecule has 1 aliphatic heterocycles. The molecule has 0 radical (unpaired) electrons. The molecule has 0 atom stereocenters. The third-order valence-corrected chi connectivity index (χ3v) is 3.70. The Morgan fingerprint density at radius 1 is 1.32 bits per heavy atom. The third kappa shape index (κ3) is 3.62. The summed E-state index contributed by atoms with van der Waals surface area (Å²) in [5.74, 6) is 0.172. The SMILES string of the molecule is COc1ncnc(NC2CC(C)(C)NC(C)(C)C2)c1[N+](=O)[O-]. The Labute approximate surface area is 129 Å². The van der Waals surface area contributed by atoms with Crippen LogP contribution in [0, 0.1) is 10.1 Å². The monoisotopic (exact) mass is 309 g/mol. The number of aromatic nitrogens is 2. The summed E-state index contributed by atoms with van der Waals surface area (Å²) in [5.41, 5.74) is -0.351. The van der Waals surface area contributed by atoms with Crippen LogP contribution >= 0.6 is 0 Å². The van der Waals surface area contributed by atoms with Crippen LogP contribution in [0.5, 0.6) is 5.88 Å². The Bertz CT molecular complexity index is 558. The largest absolute Gasteiger partial charge is 0.476 e. The summed E-state index contributed by atoms with van der Waals surface area (Å²) in [7, 11) is 1.36. The zero-order chi connectivity index (χ0) is 16.5. The maximum absolute atomic E-state index is 11.3. The highest BCUT2D eigenvalue weighted by Gasteiger charge is 2.38. The number of ether oxygens (including phenoxy) is 1. The van der Waals surface area contributed by atoms with Crippen LogP contribution in [0.3, 0.4) is 0 Å². The fourth-order valence-electron chi connectivity index (χ4n) is 3.40. The summed E-state index contributed by atoms with van der Waals surface area (Å²) in [6.45, 7) is 8.49. The number of nitro groups is 1. The lowest BCUT2D eigenvalue weighted by Gasteiger charge is -2.46. The van der Waals surface area contributed by atoms with E-state index < -0.39 is 4.92 Å². The van der Waals surface area contributed by atoms with E-state index >= 15 is 0 Å². The molecule has 1 aromatic rings. The van der Waals surface area contributed by atoms with Crippen LogP contribution in [0.1, 0.15) is 40.5 Å². The second kappa shape index (κ2) is 5.68. The number of methoxy groups -OCH3 is 1. The maximum Gasteiger partial charge on any atom is 0.372 e. The minimum atomic E-state index is -0.515. The van der Waals surface area contributed by atoms with Crippen LogP contribution in [-0.4, -0.2) is 39.1 Å². The molecule has 0 spiro atoms. The molecule has 8 nitrogen and oxygen atoms in total. The molecule has 0 aliphatic carbocycles. The van der Waals surface area contributed by atoms with Gasteiger partial charge in [0, 0.05) is 17.1 Å². The van der Waals surface area contributed by atoms with Crippen molar-refractivity contribution in [1.82, 2.24) is 15.3 Å². The smallest absolute Gasteiger partial charge is 0.372 e. The van der Waals surface area contributed by atoms with Crippen molar-refractivity contribution in [2.75, 3.05) is 12.4 Å². The van der Waals surface area contributed by atoms with Gasteiger partial charge in [-0.3, -0.25) is 10.1 Å². The quantitative estimate of drug-likeness (QED) is 0.648. The fraction of sp³-hybridized carbons (Fsp3) is 0.714. The fourth-order valence-corrected chi connectivity index (χ4v) is 3.40. The number of piperidine rings is 1. The normalized spacial score (nSPS) is 20.4. The first-order valence-electron chi connectivity index (χ1n) is 7.23. The second-order valence-electron chi connectivity index (χ2n) is 6.98. The zero-order valence-corrected chi connectivity index (χ0v) is 13.6. The van der Waals surface area contributed by atoms with Crippen LogP contribution in [0.2, 0.25) is 0 Å². The zero-order valence-electron chi connectivity index (χ0n) is 13.6. The lowest BCUT2D eigenvalue weighted by molar-refractivity contribution is -0.385. The van der Waals surface area contributed by atoms with Crippen molar-refractivity contribution in [2.24, 2.45) is 0 Å². The summed E-state index contributed by atoms with van der Waals surface area (Å²) in [4.78, 5) is 18.6. The molecular formula is C14H23N5O3. The third-order valence-electron chi connectivity index (χ3n) is 3.70. The van der Waals surface area contributed by atoms with Crippen LogP contribution in [0.4, 0.5) is 11.5 Å². The average Bonchev–Trinajstić information content (AvgIpc) is 2.34. The Morgan fingerprint density at radius 3 is 2.41 bits per heavy atom. The van der Waals surface area contributed by atoms with Gasteiger partial charge in [-0.2, -0.15) is 4.98 Å². The summed E-state index contributed by atoms with van der Waals surface area (Å²) < 4.78 is 4.97. The highest BCUT2D eigenvalue weighted by molar-refractivity contribution is 5.61. The van der Waals surface area contributed by atoms with Crippen molar-refractivity contribution in [1.29, 1.82) is 0 Å². The molecule has 1 fully saturated rings. The van der Waals surface area contributed by atoms with E-state index in [9.17, 15) is 10.1 Å². The summed E-state index contributed by atoms with van der Waals surface area (Å²) in [6.07, 6.45) is 2.94. The molecule has 0 amide bonds. The van der Waals surface area contributed by atoms with Crippen LogP contribution in [0.25, 0.3) is 0 Å². The van der Waals surface area contributed by atoms with E-state index in [-0.39, 0.29) is 34.5 Å². The van der Waals surface area contributed by atoms with E-state index in [4.69, 9.17) is 4.74 Å². The van der Waals surface area contributed by atoms with Gasteiger partial charge >= 0.3 is 5.69 Å². The lowest BCUT2D eigenvalue weighted by Crippen LogP contribution is -2.60. The molecule has 1 saturated heterocycles. The van der Waals surface area contributed by atoms with E-state index in [1.165, 1.54) is 13.4 Å². The van der Waals surface area contributed by atoms with E-state index in [0.29, 0.717) is 0 Å². The topological polar surface area (TPSA) is 102 Å². The highest BCUT2D eigenvalue weighted by Crippen LogP contribution is 2.34. The van der Waals surface area contributed by atoms with Gasteiger partial charge in [0.2, 0.25) is 5.82 Å². The van der Waals surface area contributed by atoms with E-state index in [0.717, 1.165) is 12.8 Å². The van der Waals surface area contributed by atoms with E-state index in [2.05, 4.69) is 48.3 Å². The van der Waals surface area contributed by atoms with Gasteiger partial charge in [0.15, 0.2) is 0 Å². The van der Waals surface area contributed by atoms with Gasteiger partial charge in [-0.25, -0.2) is 4.98 Å². The first-order valence-corrected chi connectivity index (χ1v) is 7.23. The number of hydrogen-bond donors (Lipinski definition) is 2. The Balaban J connectivity index is 2.29.